The van der Waals surface area contributed by atoms with E-state index in [9.17, 15) is 30.0 Å². The van der Waals surface area contributed by atoms with E-state index in [1.54, 1.807) is 44.2 Å². The second kappa shape index (κ2) is 8.74. The van der Waals surface area contributed by atoms with Crippen LogP contribution in [0.2, 0.25) is 0 Å². The molecule has 2 aromatic carbocycles. The van der Waals surface area contributed by atoms with Crippen molar-refractivity contribution in [2.75, 3.05) is 6.61 Å². The van der Waals surface area contributed by atoms with Crippen molar-refractivity contribution >= 4 is 11.8 Å². The first kappa shape index (κ1) is 22.9. The smallest absolute Gasteiger partial charge is 0.249 e. The van der Waals surface area contributed by atoms with E-state index < -0.39 is 48.9 Å². The number of hydrogen-bond donors (Lipinski definition) is 6. The van der Waals surface area contributed by atoms with Crippen LogP contribution in [0.4, 0.5) is 0 Å². The first-order valence-corrected chi connectivity index (χ1v) is 9.73. The fourth-order valence-corrected chi connectivity index (χ4v) is 4.17. The van der Waals surface area contributed by atoms with Crippen molar-refractivity contribution in [2.24, 2.45) is 11.5 Å². The molecule has 2 amide bonds. The summed E-state index contributed by atoms with van der Waals surface area (Å²) in [5.74, 6) is -1.45. The van der Waals surface area contributed by atoms with Crippen LogP contribution in [0.25, 0.3) is 11.1 Å². The second-order valence-electron chi connectivity index (χ2n) is 7.66. The fourth-order valence-electron chi connectivity index (χ4n) is 4.17. The highest BCUT2D eigenvalue weighted by atomic mass is 16.5. The van der Waals surface area contributed by atoms with Gasteiger partial charge in [0.05, 0.1) is 6.61 Å². The molecule has 8 N–H and O–H groups in total. The Kier molecular flexibility index (Phi) is 6.44. The summed E-state index contributed by atoms with van der Waals surface area (Å²) in [6.07, 6.45) is -6.71. The lowest BCUT2D eigenvalue weighted by molar-refractivity contribution is -0.231. The predicted octanol–water partition coefficient (Wildman–Crippen LogP) is -0.317. The molecule has 0 spiro atoms. The van der Waals surface area contributed by atoms with Crippen LogP contribution in [-0.4, -0.2) is 63.3 Å². The van der Waals surface area contributed by atoms with Crippen LogP contribution in [0.15, 0.2) is 30.3 Å². The Morgan fingerprint density at radius 1 is 0.935 bits per heavy atom. The van der Waals surface area contributed by atoms with Gasteiger partial charge in [-0.15, -0.1) is 0 Å². The highest BCUT2D eigenvalue weighted by molar-refractivity contribution is 6.04. The Morgan fingerprint density at radius 2 is 1.58 bits per heavy atom. The van der Waals surface area contributed by atoms with Gasteiger partial charge < -0.3 is 36.6 Å². The summed E-state index contributed by atoms with van der Waals surface area (Å²) < 4.78 is 5.70. The van der Waals surface area contributed by atoms with Crippen LogP contribution in [0, 0.1) is 13.8 Å². The van der Waals surface area contributed by atoms with Crippen molar-refractivity contribution in [1.29, 1.82) is 0 Å². The van der Waals surface area contributed by atoms with Crippen LogP contribution in [0.1, 0.15) is 43.5 Å². The van der Waals surface area contributed by atoms with Gasteiger partial charge in [-0.1, -0.05) is 24.3 Å². The van der Waals surface area contributed by atoms with Gasteiger partial charge in [-0.3, -0.25) is 9.59 Å². The molecular weight excluding hydrogens is 404 g/mol. The number of carbonyl (C=O) groups is 2. The van der Waals surface area contributed by atoms with Crippen molar-refractivity contribution < 1.29 is 34.8 Å². The molecule has 0 unspecified atom stereocenters. The molecule has 0 bridgehead atoms. The maximum atomic E-state index is 12.1. The third-order valence-electron chi connectivity index (χ3n) is 5.81. The number of nitrogens with two attached hydrogens (primary N) is 2. The number of rotatable bonds is 5. The number of amides is 2. The summed E-state index contributed by atoms with van der Waals surface area (Å²) in [5.41, 5.74) is 13.6. The van der Waals surface area contributed by atoms with Gasteiger partial charge in [-0.2, -0.15) is 0 Å². The van der Waals surface area contributed by atoms with E-state index >= 15 is 0 Å². The van der Waals surface area contributed by atoms with Crippen LogP contribution >= 0.6 is 0 Å². The summed E-state index contributed by atoms with van der Waals surface area (Å²) in [4.78, 5) is 24.1. The fraction of sp³-hybridized carbons (Fsp3) is 0.364. The van der Waals surface area contributed by atoms with Crippen molar-refractivity contribution in [3.8, 4) is 11.1 Å². The lowest BCUT2D eigenvalue weighted by Crippen LogP contribution is -2.55. The zero-order valence-corrected chi connectivity index (χ0v) is 17.1. The standard InChI is InChI=1S/C22H26N2O7/c1-9-13(7-14(21(23)29)10(2)16(9)22(24)30)11-5-3-4-6-12(11)20-19(28)18(27)17(26)15(8-25)31-20/h3-7,15,17-20,25-28H,8H2,1-2H3,(H2,23,29)(H2,24,30)/t15-,17-,18+,19+,20-/m1/s1. The number of benzene rings is 2. The monoisotopic (exact) mass is 430 g/mol. The summed E-state index contributed by atoms with van der Waals surface area (Å²) in [6, 6.07) is 8.30. The first-order chi connectivity index (χ1) is 14.6. The van der Waals surface area contributed by atoms with Crippen molar-refractivity contribution in [1.82, 2.24) is 0 Å². The minimum atomic E-state index is -1.55. The summed E-state index contributed by atoms with van der Waals surface area (Å²) in [7, 11) is 0. The van der Waals surface area contributed by atoms with Crippen LogP contribution in [-0.2, 0) is 4.74 Å². The van der Waals surface area contributed by atoms with E-state index in [1.807, 2.05) is 0 Å². The quantitative estimate of drug-likeness (QED) is 0.376. The predicted molar refractivity (Wildman–Crippen MR) is 111 cm³/mol. The maximum Gasteiger partial charge on any atom is 0.249 e. The van der Waals surface area contributed by atoms with Gasteiger partial charge in [0, 0.05) is 11.1 Å². The number of aliphatic hydroxyl groups is 4. The van der Waals surface area contributed by atoms with Gasteiger partial charge in [0.1, 0.15) is 30.5 Å². The van der Waals surface area contributed by atoms with E-state index in [4.69, 9.17) is 16.2 Å². The number of carbonyl (C=O) groups excluding carboxylic acids is 2. The van der Waals surface area contributed by atoms with Crippen molar-refractivity contribution in [3.63, 3.8) is 0 Å². The van der Waals surface area contributed by atoms with E-state index in [-0.39, 0.29) is 11.1 Å². The Balaban J connectivity index is 2.24. The number of primary amides is 2. The number of hydrogen-bond acceptors (Lipinski definition) is 7. The Labute approximate surface area is 178 Å². The van der Waals surface area contributed by atoms with Gasteiger partial charge in [0.25, 0.3) is 0 Å². The largest absolute Gasteiger partial charge is 0.394 e. The number of ether oxygens (including phenoxy) is 1. The topological polar surface area (TPSA) is 176 Å². The minimum Gasteiger partial charge on any atom is -0.394 e. The van der Waals surface area contributed by atoms with Gasteiger partial charge in [-0.25, -0.2) is 0 Å². The zero-order chi connectivity index (χ0) is 23.0. The molecule has 1 saturated heterocycles. The molecule has 1 aliphatic rings. The van der Waals surface area contributed by atoms with Gasteiger partial charge in [0.15, 0.2) is 0 Å². The summed E-state index contributed by atoms with van der Waals surface area (Å²) >= 11 is 0. The SMILES string of the molecule is Cc1c(C(N)=O)cc(-c2ccccc2[C@H]2O[C@H](CO)[C@@H](O)[C@H](O)[C@@H]2O)c(C)c1C(N)=O. The highest BCUT2D eigenvalue weighted by Crippen LogP contribution is 2.40. The van der Waals surface area contributed by atoms with Gasteiger partial charge >= 0.3 is 0 Å². The normalized spacial score (nSPS) is 25.9. The molecule has 1 fully saturated rings. The molecule has 2 aromatic rings. The van der Waals surface area contributed by atoms with E-state index in [1.165, 1.54) is 0 Å². The molecule has 166 valence electrons. The van der Waals surface area contributed by atoms with Crippen LogP contribution in [0.5, 0.6) is 0 Å². The third-order valence-corrected chi connectivity index (χ3v) is 5.81. The van der Waals surface area contributed by atoms with Crippen molar-refractivity contribution in [3.05, 3.63) is 58.1 Å². The lowest BCUT2D eigenvalue weighted by atomic mass is 9.84. The van der Waals surface area contributed by atoms with Crippen LogP contribution < -0.4 is 11.5 Å². The Hall–Kier alpha value is -2.82. The van der Waals surface area contributed by atoms with Gasteiger partial charge in [-0.05, 0) is 47.7 Å². The average molecular weight is 430 g/mol. The molecular formula is C22H26N2O7. The second-order valence-corrected chi connectivity index (χ2v) is 7.66. The van der Waals surface area contributed by atoms with E-state index in [2.05, 4.69) is 0 Å². The molecule has 9 nitrogen and oxygen atoms in total. The molecule has 31 heavy (non-hydrogen) atoms. The summed E-state index contributed by atoms with van der Waals surface area (Å²) in [5, 5.41) is 40.4. The third kappa shape index (κ3) is 3.93. The Bertz CT molecular complexity index is 1020. The molecule has 9 heteroatoms. The minimum absolute atomic E-state index is 0.123. The molecule has 0 aliphatic carbocycles. The lowest BCUT2D eigenvalue weighted by Gasteiger charge is -2.40. The van der Waals surface area contributed by atoms with E-state index in [0.29, 0.717) is 27.8 Å². The molecule has 1 heterocycles. The molecule has 3 rings (SSSR count). The van der Waals surface area contributed by atoms with E-state index in [0.717, 1.165) is 0 Å². The van der Waals surface area contributed by atoms with Crippen molar-refractivity contribution in [2.45, 2.75) is 44.4 Å². The number of aliphatic hydroxyl groups excluding tert-OH is 4. The maximum absolute atomic E-state index is 12.1. The van der Waals surface area contributed by atoms with Gasteiger partial charge in [0.2, 0.25) is 11.8 Å². The molecule has 1 aliphatic heterocycles. The highest BCUT2D eigenvalue weighted by Gasteiger charge is 2.44. The average Bonchev–Trinajstić information content (AvgIpc) is 2.72. The first-order valence-electron chi connectivity index (χ1n) is 9.73. The molecule has 0 saturated carbocycles. The zero-order valence-electron chi connectivity index (χ0n) is 17.1. The summed E-state index contributed by atoms with van der Waals surface area (Å²) in [6.45, 7) is 2.70. The van der Waals surface area contributed by atoms with Crippen LogP contribution in [0.3, 0.4) is 0 Å². The molecule has 0 radical (unpaired) electrons. The Morgan fingerprint density at radius 3 is 2.16 bits per heavy atom. The molecule has 0 aromatic heterocycles. The molecule has 5 atom stereocenters.